The first kappa shape index (κ1) is 16.2. The number of hydrazone groups is 1. The highest BCUT2D eigenvalue weighted by molar-refractivity contribution is 7.80. The van der Waals surface area contributed by atoms with Crippen molar-refractivity contribution in [1.82, 2.24) is 5.43 Å². The molecule has 1 aromatic carbocycles. The zero-order valence-electron chi connectivity index (χ0n) is 14.3. The van der Waals surface area contributed by atoms with Crippen molar-refractivity contribution in [3.63, 3.8) is 0 Å². The Bertz CT molecular complexity index is 668. The molecular weight excluding hydrogens is 302 g/mol. The van der Waals surface area contributed by atoms with E-state index in [0.717, 1.165) is 11.6 Å². The summed E-state index contributed by atoms with van der Waals surface area (Å²) in [6.07, 6.45) is 6.75. The van der Waals surface area contributed by atoms with E-state index in [1.165, 1.54) is 29.5 Å². The molecule has 0 amide bonds. The minimum atomic E-state index is 0.424. The number of nitrogens with zero attached hydrogens (tertiary/aromatic N) is 1. The topological polar surface area (TPSA) is 36.4 Å². The first-order valence-corrected chi connectivity index (χ1v) is 8.66. The number of rotatable bonds is 3. The van der Waals surface area contributed by atoms with Crippen LogP contribution in [0.4, 0.5) is 5.69 Å². The molecule has 1 saturated carbocycles. The van der Waals surface area contributed by atoms with Crippen LogP contribution in [0, 0.1) is 31.1 Å². The molecule has 0 unspecified atom stereocenters. The summed E-state index contributed by atoms with van der Waals surface area (Å²) in [7, 11) is 0. The minimum absolute atomic E-state index is 0.424. The number of allylic oxidation sites excluding steroid dienone is 2. The van der Waals surface area contributed by atoms with Gasteiger partial charge in [0.25, 0.3) is 0 Å². The molecule has 2 N–H and O–H groups in total. The third kappa shape index (κ3) is 3.05. The van der Waals surface area contributed by atoms with Crippen LogP contribution in [0.2, 0.25) is 0 Å². The summed E-state index contributed by atoms with van der Waals surface area (Å²) >= 11 is 5.35. The Hall–Kier alpha value is -1.68. The van der Waals surface area contributed by atoms with Gasteiger partial charge in [-0.3, -0.25) is 5.43 Å². The summed E-state index contributed by atoms with van der Waals surface area (Å²) in [5.74, 6) is 1.50. The van der Waals surface area contributed by atoms with Crippen molar-refractivity contribution in [1.29, 1.82) is 0 Å². The number of nitrogens with one attached hydrogen (secondary N) is 2. The standard InChI is InChI=1S/C19H25N3S/c1-12-6-5-7-13(2)17(12)21-18(23)22-20-11-14-8-9-15-10-16(14)19(15,3)4/h5-8,11,15-16H,9-10H2,1-4H3,(H2,21,22,23)/b20-11-/t15-,16-/m1/s1. The Labute approximate surface area is 144 Å². The van der Waals surface area contributed by atoms with Gasteiger partial charge >= 0.3 is 0 Å². The Balaban J connectivity index is 1.58. The zero-order chi connectivity index (χ0) is 16.6. The van der Waals surface area contributed by atoms with E-state index in [9.17, 15) is 0 Å². The first-order valence-electron chi connectivity index (χ1n) is 8.26. The summed E-state index contributed by atoms with van der Waals surface area (Å²) in [5.41, 5.74) is 8.13. The number of fused-ring (bicyclic) bond motifs is 1. The lowest BCUT2D eigenvalue weighted by atomic mass is 9.49. The van der Waals surface area contributed by atoms with Crippen LogP contribution >= 0.6 is 12.2 Å². The van der Waals surface area contributed by atoms with Crippen molar-refractivity contribution < 1.29 is 0 Å². The van der Waals surface area contributed by atoms with Crippen LogP contribution in [0.3, 0.4) is 0 Å². The number of hydrogen-bond donors (Lipinski definition) is 2. The molecule has 0 aromatic heterocycles. The van der Waals surface area contributed by atoms with Gasteiger partial charge in [0.2, 0.25) is 0 Å². The van der Waals surface area contributed by atoms with Gasteiger partial charge in [0.1, 0.15) is 0 Å². The van der Waals surface area contributed by atoms with Gasteiger partial charge < -0.3 is 5.32 Å². The predicted molar refractivity (Wildman–Crippen MR) is 102 cm³/mol. The molecule has 2 atom stereocenters. The van der Waals surface area contributed by atoms with Gasteiger partial charge in [-0.1, -0.05) is 38.1 Å². The van der Waals surface area contributed by atoms with Gasteiger partial charge in [0.05, 0.1) is 6.21 Å². The molecule has 0 spiro atoms. The maximum absolute atomic E-state index is 5.35. The van der Waals surface area contributed by atoms with Crippen molar-refractivity contribution in [2.24, 2.45) is 22.4 Å². The van der Waals surface area contributed by atoms with Gasteiger partial charge in [-0.05, 0) is 72.9 Å². The van der Waals surface area contributed by atoms with E-state index in [1.807, 2.05) is 12.3 Å². The van der Waals surface area contributed by atoms with Crippen molar-refractivity contribution in [3.8, 4) is 0 Å². The Morgan fingerprint density at radius 1 is 1.30 bits per heavy atom. The second-order valence-electron chi connectivity index (χ2n) is 7.34. The lowest BCUT2D eigenvalue weighted by molar-refractivity contribution is -0.00126. The molecule has 0 aliphatic heterocycles. The molecule has 1 aromatic rings. The number of aryl methyl sites for hydroxylation is 2. The van der Waals surface area contributed by atoms with Gasteiger partial charge in [-0.25, -0.2) is 0 Å². The van der Waals surface area contributed by atoms with Crippen molar-refractivity contribution in [2.45, 2.75) is 40.5 Å². The molecule has 4 rings (SSSR count). The fraction of sp³-hybridized carbons (Fsp3) is 0.474. The molecule has 3 nitrogen and oxygen atoms in total. The quantitative estimate of drug-likeness (QED) is 0.485. The Kier molecular flexibility index (Phi) is 4.28. The Morgan fingerprint density at radius 3 is 2.61 bits per heavy atom. The molecule has 3 aliphatic rings. The molecule has 2 bridgehead atoms. The normalized spacial score (nSPS) is 24.8. The van der Waals surface area contributed by atoms with Crippen LogP contribution in [0.15, 0.2) is 34.9 Å². The van der Waals surface area contributed by atoms with Crippen LogP contribution in [0.5, 0.6) is 0 Å². The molecular formula is C19H25N3S. The average Bonchev–Trinajstić information content (AvgIpc) is 2.51. The van der Waals surface area contributed by atoms with Crippen LogP contribution < -0.4 is 10.7 Å². The largest absolute Gasteiger partial charge is 0.331 e. The SMILES string of the molecule is Cc1cccc(C)c1NC(=S)N/N=C\C1=CC[C@@H]2C[C@H]1C2(C)C. The summed E-state index contributed by atoms with van der Waals surface area (Å²) < 4.78 is 0. The number of anilines is 1. The second-order valence-corrected chi connectivity index (χ2v) is 7.75. The highest BCUT2D eigenvalue weighted by Crippen LogP contribution is 2.58. The third-order valence-corrected chi connectivity index (χ3v) is 5.80. The smallest absolute Gasteiger partial charge is 0.191 e. The second kappa shape index (κ2) is 6.08. The summed E-state index contributed by atoms with van der Waals surface area (Å²) in [4.78, 5) is 0. The minimum Gasteiger partial charge on any atom is -0.331 e. The molecule has 3 aliphatic carbocycles. The maximum Gasteiger partial charge on any atom is 0.191 e. The third-order valence-electron chi connectivity index (χ3n) is 5.61. The predicted octanol–water partition coefficient (Wildman–Crippen LogP) is 4.57. The fourth-order valence-corrected chi connectivity index (χ4v) is 4.02. The van der Waals surface area contributed by atoms with Crippen LogP contribution in [0.25, 0.3) is 0 Å². The van der Waals surface area contributed by atoms with Gasteiger partial charge in [0, 0.05) is 5.69 Å². The molecule has 122 valence electrons. The molecule has 23 heavy (non-hydrogen) atoms. The van der Waals surface area contributed by atoms with E-state index in [1.54, 1.807) is 0 Å². The van der Waals surface area contributed by atoms with E-state index in [0.29, 0.717) is 16.4 Å². The first-order chi connectivity index (χ1) is 10.9. The highest BCUT2D eigenvalue weighted by Gasteiger charge is 2.50. The van der Waals surface area contributed by atoms with Crippen LogP contribution in [0.1, 0.15) is 37.8 Å². The number of thiocarbonyl (C=S) groups is 1. The van der Waals surface area contributed by atoms with E-state index < -0.39 is 0 Å². The highest BCUT2D eigenvalue weighted by atomic mass is 32.1. The summed E-state index contributed by atoms with van der Waals surface area (Å²) in [6.45, 7) is 8.88. The summed E-state index contributed by atoms with van der Waals surface area (Å²) in [5, 5.41) is 8.11. The van der Waals surface area contributed by atoms with Crippen molar-refractivity contribution in [2.75, 3.05) is 5.32 Å². The van der Waals surface area contributed by atoms with Crippen molar-refractivity contribution in [3.05, 3.63) is 41.0 Å². The fourth-order valence-electron chi connectivity index (χ4n) is 3.86. The van der Waals surface area contributed by atoms with Gasteiger partial charge in [-0.15, -0.1) is 0 Å². The number of benzene rings is 1. The van der Waals surface area contributed by atoms with Crippen LogP contribution in [-0.2, 0) is 0 Å². The van der Waals surface area contributed by atoms with Crippen LogP contribution in [-0.4, -0.2) is 11.3 Å². The monoisotopic (exact) mass is 327 g/mol. The van der Waals surface area contributed by atoms with Gasteiger partial charge in [-0.2, -0.15) is 5.10 Å². The number of hydrogen-bond acceptors (Lipinski definition) is 2. The van der Waals surface area contributed by atoms with Crippen molar-refractivity contribution >= 4 is 29.2 Å². The van der Waals surface area contributed by atoms with E-state index in [2.05, 4.69) is 61.7 Å². The lowest BCUT2D eigenvalue weighted by Gasteiger charge is -2.55. The Morgan fingerprint density at radius 2 is 2.00 bits per heavy atom. The van der Waals surface area contributed by atoms with E-state index in [-0.39, 0.29) is 0 Å². The van der Waals surface area contributed by atoms with E-state index >= 15 is 0 Å². The lowest BCUT2D eigenvalue weighted by Crippen LogP contribution is -2.48. The maximum atomic E-state index is 5.35. The number of para-hydroxylation sites is 1. The van der Waals surface area contributed by atoms with E-state index in [4.69, 9.17) is 12.2 Å². The molecule has 4 heteroatoms. The average molecular weight is 327 g/mol. The zero-order valence-corrected chi connectivity index (χ0v) is 15.1. The molecule has 1 fully saturated rings. The molecule has 0 radical (unpaired) electrons. The molecule has 0 saturated heterocycles. The summed E-state index contributed by atoms with van der Waals surface area (Å²) in [6, 6.07) is 6.19. The van der Waals surface area contributed by atoms with Gasteiger partial charge in [0.15, 0.2) is 5.11 Å². The molecule has 0 heterocycles.